The third-order valence-corrected chi connectivity index (χ3v) is 38.4. The monoisotopic (exact) mass is 686 g/mol. The zero-order chi connectivity index (χ0) is 31.8. The minimum absolute atomic E-state index is 0.287. The van der Waals surface area contributed by atoms with E-state index in [9.17, 15) is 0 Å². The zero-order valence-corrected chi connectivity index (χ0v) is 37.5. The molecule has 0 aromatic carbocycles. The lowest BCUT2D eigenvalue weighted by atomic mass is 10.5. The van der Waals surface area contributed by atoms with Gasteiger partial charge >= 0.3 is 25.7 Å². The van der Waals surface area contributed by atoms with Gasteiger partial charge in [-0.15, -0.1) is 0 Å². The van der Waals surface area contributed by atoms with Crippen LogP contribution in [0.2, 0.25) is 95.8 Å². The summed E-state index contributed by atoms with van der Waals surface area (Å²) in [4.78, 5) is 5.33. The highest BCUT2D eigenvalue weighted by atomic mass is 28.5. The van der Waals surface area contributed by atoms with Gasteiger partial charge in [-0.05, 0) is 116 Å². The first kappa shape index (κ1) is 41.2. The van der Waals surface area contributed by atoms with Gasteiger partial charge in [-0.25, -0.2) is 0 Å². The maximum Gasteiger partial charge on any atom is 0.314 e. The van der Waals surface area contributed by atoms with Crippen LogP contribution in [0.3, 0.4) is 0 Å². The molecule has 0 amide bonds. The predicted molar refractivity (Wildman–Crippen MR) is 193 cm³/mol. The molecule has 0 radical (unpaired) electrons. The lowest BCUT2D eigenvalue weighted by Gasteiger charge is -2.45. The smallest absolute Gasteiger partial charge is 0.314 e. The summed E-state index contributed by atoms with van der Waals surface area (Å²) in [5.41, 5.74) is 0. The first-order valence-electron chi connectivity index (χ1n) is 15.8. The molecule has 7 nitrogen and oxygen atoms in total. The summed E-state index contributed by atoms with van der Waals surface area (Å²) in [6.45, 7) is 43.2. The molecule has 0 spiro atoms. The average Bonchev–Trinajstić information content (AvgIpc) is 2.76. The maximum atomic E-state index is 6.96. The Kier molecular flexibility index (Phi) is 17.0. The molecule has 14 heteroatoms. The first-order valence-corrected chi connectivity index (χ1v) is 35.1. The van der Waals surface area contributed by atoms with E-state index in [0.717, 1.165) is 26.2 Å². The fraction of sp³-hybridized carbons (Fsp3) is 1.00. The van der Waals surface area contributed by atoms with Crippen molar-refractivity contribution < 1.29 is 20.9 Å². The van der Waals surface area contributed by atoms with Crippen molar-refractivity contribution in [3.8, 4) is 0 Å². The fourth-order valence-electron chi connectivity index (χ4n) is 6.30. The van der Waals surface area contributed by atoms with Gasteiger partial charge in [0.25, 0.3) is 0 Å². The lowest BCUT2D eigenvalue weighted by molar-refractivity contribution is 0.115. The SMILES string of the molecule is CCN(CC)C([SiH2]CC[Si](C)(C)O[Si](C)(C)O[Si](C)(C)O[Si](C)(C)O[Si](C)(C)C(C)[Si](C)(C)OC)N(CC)CC. The van der Waals surface area contributed by atoms with Gasteiger partial charge in [0, 0.05) is 12.9 Å². The third-order valence-electron chi connectivity index (χ3n) is 8.33. The summed E-state index contributed by atoms with van der Waals surface area (Å²) in [7, 11) is -11.4. The van der Waals surface area contributed by atoms with Crippen molar-refractivity contribution in [1.82, 2.24) is 9.80 Å². The highest BCUT2D eigenvalue weighted by molar-refractivity contribution is 6.96. The number of hydrogen-bond acceptors (Lipinski definition) is 7. The molecule has 1 atom stereocenters. The molecule has 0 rings (SSSR count). The van der Waals surface area contributed by atoms with Crippen LogP contribution < -0.4 is 0 Å². The Morgan fingerprint density at radius 3 is 1.32 bits per heavy atom. The van der Waals surface area contributed by atoms with E-state index >= 15 is 0 Å². The van der Waals surface area contributed by atoms with Gasteiger partial charge in [0.2, 0.25) is 0 Å². The van der Waals surface area contributed by atoms with Crippen LogP contribution in [0.15, 0.2) is 0 Å². The first-order chi connectivity index (χ1) is 17.9. The van der Waals surface area contributed by atoms with E-state index in [1.165, 1.54) is 12.1 Å². The normalized spacial score (nSPS) is 15.8. The number of nitrogens with zero attached hydrogens (tertiary/aromatic N) is 2. The number of rotatable bonds is 21. The minimum atomic E-state index is -2.47. The summed E-state index contributed by atoms with van der Waals surface area (Å²) in [6, 6.07) is 2.53. The molecule has 0 saturated carbocycles. The van der Waals surface area contributed by atoms with Gasteiger partial charge in [0.1, 0.15) is 0 Å². The van der Waals surface area contributed by atoms with Gasteiger partial charge in [0.05, 0.1) is 9.52 Å². The Labute approximate surface area is 259 Å². The Balaban J connectivity index is 5.33. The molecule has 0 saturated heterocycles. The summed E-state index contributed by atoms with van der Waals surface area (Å²) in [5, 5.41) is 0.457. The summed E-state index contributed by atoms with van der Waals surface area (Å²) in [6.07, 6.45) is 0. The minimum Gasteiger partial charge on any atom is -0.436 e. The van der Waals surface area contributed by atoms with Crippen molar-refractivity contribution in [2.45, 2.75) is 136 Å². The lowest BCUT2D eigenvalue weighted by Crippen LogP contribution is -2.60. The highest BCUT2D eigenvalue weighted by Gasteiger charge is 2.49. The van der Waals surface area contributed by atoms with Gasteiger partial charge in [0.15, 0.2) is 25.0 Å². The van der Waals surface area contributed by atoms with Crippen molar-refractivity contribution >= 4 is 60.2 Å². The molecule has 0 aliphatic rings. The summed E-state index contributed by atoms with van der Waals surface area (Å²) < 4.78 is 33.5. The van der Waals surface area contributed by atoms with Crippen molar-refractivity contribution in [1.29, 1.82) is 0 Å². The molecule has 40 heavy (non-hydrogen) atoms. The van der Waals surface area contributed by atoms with E-state index in [0.29, 0.717) is 11.0 Å². The fourth-order valence-corrected chi connectivity index (χ4v) is 43.2. The van der Waals surface area contributed by atoms with Crippen LogP contribution >= 0.6 is 0 Å². The van der Waals surface area contributed by atoms with Crippen LogP contribution in [0.25, 0.3) is 0 Å². The highest BCUT2D eigenvalue weighted by Crippen LogP contribution is 2.36. The molecule has 1 unspecified atom stereocenters. The standard InChI is InChI=1S/C26H70N2O5Si7/c1-19-27(20-2)26(28(21-3)22-4)34-23-24-35(7,8)30-38(13,14)32-40(17,18)33-39(15,16)31-37(11,12)25(5)36(9,10)29-6/h25-26H,19-24,34H2,1-18H3. The Hall–Kier alpha value is 1.24. The van der Waals surface area contributed by atoms with Crippen LogP contribution in [-0.2, 0) is 20.9 Å². The Morgan fingerprint density at radius 2 is 0.950 bits per heavy atom. The molecule has 242 valence electrons. The quantitative estimate of drug-likeness (QED) is 0.0962. The van der Waals surface area contributed by atoms with Gasteiger partial charge in [-0.2, -0.15) is 0 Å². The Bertz CT molecular complexity index is 722. The molecule has 0 fully saturated rings. The predicted octanol–water partition coefficient (Wildman–Crippen LogP) is 6.90. The number of hydrogen-bond donors (Lipinski definition) is 0. The van der Waals surface area contributed by atoms with Crippen LogP contribution in [0.4, 0.5) is 0 Å². The molecule has 0 aliphatic heterocycles. The van der Waals surface area contributed by atoms with Crippen LogP contribution in [0.1, 0.15) is 34.6 Å². The van der Waals surface area contributed by atoms with Gasteiger partial charge in [-0.3, -0.25) is 9.80 Å². The summed E-state index contributed by atoms with van der Waals surface area (Å²) >= 11 is 0. The average molecular weight is 687 g/mol. The van der Waals surface area contributed by atoms with Crippen molar-refractivity contribution in [2.75, 3.05) is 33.3 Å². The van der Waals surface area contributed by atoms with Crippen LogP contribution in [0, 0.1) is 0 Å². The molecule has 0 bridgehead atoms. The topological polar surface area (TPSA) is 52.6 Å². The molecule has 0 N–H and O–H groups in total. The second kappa shape index (κ2) is 16.5. The third kappa shape index (κ3) is 14.3. The largest absolute Gasteiger partial charge is 0.436 e. The second-order valence-electron chi connectivity index (χ2n) is 14.3. The van der Waals surface area contributed by atoms with Crippen molar-refractivity contribution in [2.24, 2.45) is 0 Å². The molecular formula is C26H70N2O5Si7. The van der Waals surface area contributed by atoms with E-state index in [2.05, 4.69) is 123 Å². The van der Waals surface area contributed by atoms with Crippen LogP contribution in [0.5, 0.6) is 0 Å². The van der Waals surface area contributed by atoms with E-state index < -0.39 is 50.6 Å². The van der Waals surface area contributed by atoms with Gasteiger partial charge in [-0.1, -0.05) is 40.7 Å². The van der Waals surface area contributed by atoms with Crippen molar-refractivity contribution in [3.05, 3.63) is 0 Å². The molecular weight excluding hydrogens is 617 g/mol. The van der Waals surface area contributed by atoms with Crippen molar-refractivity contribution in [3.63, 3.8) is 0 Å². The van der Waals surface area contributed by atoms with E-state index in [4.69, 9.17) is 20.9 Å². The maximum absolute atomic E-state index is 6.96. The van der Waals surface area contributed by atoms with Gasteiger partial charge < -0.3 is 20.9 Å². The molecule has 0 aliphatic carbocycles. The molecule has 0 heterocycles. The zero-order valence-electron chi connectivity index (χ0n) is 30.0. The van der Waals surface area contributed by atoms with Crippen LogP contribution in [-0.4, -0.2) is 109 Å². The van der Waals surface area contributed by atoms with E-state index in [-0.39, 0.29) is 9.52 Å². The second-order valence-corrected chi connectivity index (χ2v) is 41.1. The Morgan fingerprint density at radius 1 is 0.575 bits per heavy atom. The summed E-state index contributed by atoms with van der Waals surface area (Å²) in [5.74, 6) is 0.649. The molecule has 0 aromatic heterocycles. The van der Waals surface area contributed by atoms with E-state index in [1.807, 2.05) is 7.11 Å². The molecule has 0 aromatic rings. The van der Waals surface area contributed by atoms with E-state index in [1.54, 1.807) is 0 Å².